The van der Waals surface area contributed by atoms with E-state index < -0.39 is 9.78 Å². The Kier molecular flexibility index (Phi) is 3.50. The lowest BCUT2D eigenvalue weighted by molar-refractivity contribution is 0.0412. The second-order valence-corrected chi connectivity index (χ2v) is 3.10. The Bertz CT molecular complexity index is 164. The Morgan fingerprint density at radius 2 is 1.82 bits per heavy atom. The topological polar surface area (TPSA) is 12.5 Å². The van der Waals surface area contributed by atoms with Gasteiger partial charge < -0.3 is 9.64 Å². The number of halogens is 3. The summed E-state index contributed by atoms with van der Waals surface area (Å²) in [4.78, 5) is 1.34. The van der Waals surface area contributed by atoms with E-state index in [1.54, 1.807) is 0 Å². The molecule has 0 bridgehead atoms. The van der Waals surface area contributed by atoms with Gasteiger partial charge in [-0.05, 0) is 22.6 Å². The molecule has 0 aromatic rings. The van der Waals surface area contributed by atoms with E-state index in [1.807, 2.05) is 0 Å². The minimum atomic E-state index is -0.788. The largest absolute Gasteiger partial charge is 0.378 e. The van der Waals surface area contributed by atoms with Gasteiger partial charge in [-0.2, -0.15) is 8.78 Å². The molecule has 0 aliphatic carbocycles. The Morgan fingerprint density at radius 1 is 1.27 bits per heavy atom. The SMILES string of the molecule is F/C(I)=C(\F)N1CCOCC1. The standard InChI is InChI=1S/C6H8F2INO/c7-5(9)6(8)10-1-3-11-4-2-10/h1-4H2/b6-5-. The van der Waals surface area contributed by atoms with Crippen molar-refractivity contribution in [3.8, 4) is 0 Å². The maximum absolute atomic E-state index is 12.8. The molecule has 5 heteroatoms. The summed E-state index contributed by atoms with van der Waals surface area (Å²) in [6.45, 7) is 1.80. The van der Waals surface area contributed by atoms with E-state index in [9.17, 15) is 8.78 Å². The van der Waals surface area contributed by atoms with Crippen LogP contribution in [0.15, 0.2) is 9.78 Å². The van der Waals surface area contributed by atoms with E-state index in [2.05, 4.69) is 0 Å². The third kappa shape index (κ3) is 2.55. The Morgan fingerprint density at radius 3 is 2.27 bits per heavy atom. The molecular weight excluding hydrogens is 267 g/mol. The summed E-state index contributed by atoms with van der Waals surface area (Å²) in [6, 6.07) is 0. The predicted octanol–water partition coefficient (Wildman–Crippen LogP) is 1.82. The lowest BCUT2D eigenvalue weighted by atomic mass is 10.4. The summed E-state index contributed by atoms with van der Waals surface area (Å²) in [5, 5.41) is 0. The van der Waals surface area contributed by atoms with Crippen LogP contribution in [0.1, 0.15) is 0 Å². The molecule has 0 N–H and O–H groups in total. The summed E-state index contributed by atoms with van der Waals surface area (Å²) in [7, 11) is 0. The van der Waals surface area contributed by atoms with Gasteiger partial charge in [0.1, 0.15) is 0 Å². The first-order valence-corrected chi connectivity index (χ1v) is 4.33. The number of nitrogens with zero attached hydrogens (tertiary/aromatic N) is 1. The third-order valence-electron chi connectivity index (χ3n) is 1.44. The zero-order valence-corrected chi connectivity index (χ0v) is 7.98. The molecule has 1 aliphatic heterocycles. The smallest absolute Gasteiger partial charge is 0.232 e. The fraction of sp³-hybridized carbons (Fsp3) is 0.667. The van der Waals surface area contributed by atoms with Gasteiger partial charge in [-0.3, -0.25) is 0 Å². The molecule has 0 saturated carbocycles. The van der Waals surface area contributed by atoms with E-state index >= 15 is 0 Å². The first-order valence-electron chi connectivity index (χ1n) is 3.25. The van der Waals surface area contributed by atoms with Crippen LogP contribution in [0.4, 0.5) is 8.78 Å². The van der Waals surface area contributed by atoms with Crippen molar-refractivity contribution in [2.75, 3.05) is 26.3 Å². The second kappa shape index (κ2) is 4.20. The van der Waals surface area contributed by atoms with Gasteiger partial charge in [-0.25, -0.2) is 0 Å². The molecule has 64 valence electrons. The van der Waals surface area contributed by atoms with Gasteiger partial charge in [0, 0.05) is 13.1 Å². The lowest BCUT2D eigenvalue weighted by Gasteiger charge is -2.26. The average Bonchev–Trinajstić information content (AvgIpc) is 2.05. The molecule has 0 unspecified atom stereocenters. The van der Waals surface area contributed by atoms with Gasteiger partial charge in [0.25, 0.3) is 0 Å². The molecule has 1 fully saturated rings. The summed E-state index contributed by atoms with van der Waals surface area (Å²) in [6.07, 6.45) is 0. The van der Waals surface area contributed by atoms with Crippen molar-refractivity contribution in [1.82, 2.24) is 4.90 Å². The van der Waals surface area contributed by atoms with Crippen LogP contribution in [0.3, 0.4) is 0 Å². The molecule has 1 saturated heterocycles. The van der Waals surface area contributed by atoms with Gasteiger partial charge in [-0.1, -0.05) is 0 Å². The Balaban J connectivity index is 2.52. The molecule has 0 radical (unpaired) electrons. The molecule has 0 spiro atoms. The molecule has 1 rings (SSSR count). The quantitative estimate of drug-likeness (QED) is 0.534. The first-order chi connectivity index (χ1) is 5.22. The van der Waals surface area contributed by atoms with E-state index in [0.717, 1.165) is 0 Å². The fourth-order valence-corrected chi connectivity index (χ4v) is 1.22. The molecule has 2 nitrogen and oxygen atoms in total. The predicted molar refractivity (Wildman–Crippen MR) is 45.7 cm³/mol. The van der Waals surface area contributed by atoms with Crippen molar-refractivity contribution in [1.29, 1.82) is 0 Å². The van der Waals surface area contributed by atoms with Crippen molar-refractivity contribution in [3.05, 3.63) is 9.78 Å². The molecule has 0 aromatic heterocycles. The summed E-state index contributed by atoms with van der Waals surface area (Å²) < 4.78 is 29.3. The van der Waals surface area contributed by atoms with Crippen LogP contribution in [0.5, 0.6) is 0 Å². The van der Waals surface area contributed by atoms with Crippen LogP contribution in [-0.4, -0.2) is 31.2 Å². The molecular formula is C6H8F2INO. The summed E-state index contributed by atoms with van der Waals surface area (Å²) in [5.41, 5.74) is 0. The number of morpholine rings is 1. The molecule has 0 aromatic carbocycles. The highest BCUT2D eigenvalue weighted by molar-refractivity contribution is 14.1. The Hall–Kier alpha value is 0.0900. The Labute approximate surface area is 77.3 Å². The van der Waals surface area contributed by atoms with E-state index in [1.165, 1.54) is 27.5 Å². The summed E-state index contributed by atoms with van der Waals surface area (Å²) >= 11 is 1.33. The number of ether oxygens (including phenoxy) is 1. The maximum atomic E-state index is 12.8. The minimum absolute atomic E-state index is 0.433. The van der Waals surface area contributed by atoms with Crippen LogP contribution >= 0.6 is 22.6 Å². The van der Waals surface area contributed by atoms with Crippen molar-refractivity contribution >= 4 is 22.6 Å². The maximum Gasteiger partial charge on any atom is 0.232 e. The third-order valence-corrected chi connectivity index (χ3v) is 1.89. The molecule has 0 atom stereocenters. The second-order valence-electron chi connectivity index (χ2n) is 2.15. The highest BCUT2D eigenvalue weighted by Gasteiger charge is 2.16. The highest BCUT2D eigenvalue weighted by atomic mass is 127. The van der Waals surface area contributed by atoms with Crippen LogP contribution in [0.2, 0.25) is 0 Å². The zero-order chi connectivity index (χ0) is 8.27. The number of hydrogen-bond donors (Lipinski definition) is 0. The monoisotopic (exact) mass is 275 g/mol. The van der Waals surface area contributed by atoms with Gasteiger partial charge in [0.15, 0.2) is 0 Å². The molecule has 1 heterocycles. The van der Waals surface area contributed by atoms with Crippen molar-refractivity contribution in [2.45, 2.75) is 0 Å². The lowest BCUT2D eigenvalue weighted by Crippen LogP contribution is -2.34. The summed E-state index contributed by atoms with van der Waals surface area (Å²) in [5.74, 6) is -0.770. The molecule has 0 amide bonds. The number of rotatable bonds is 1. The first kappa shape index (κ1) is 9.18. The van der Waals surface area contributed by atoms with Crippen LogP contribution < -0.4 is 0 Å². The van der Waals surface area contributed by atoms with Crippen molar-refractivity contribution in [2.24, 2.45) is 0 Å². The van der Waals surface area contributed by atoms with E-state index in [0.29, 0.717) is 26.3 Å². The average molecular weight is 275 g/mol. The van der Waals surface area contributed by atoms with E-state index in [-0.39, 0.29) is 0 Å². The van der Waals surface area contributed by atoms with Crippen LogP contribution in [0.25, 0.3) is 0 Å². The molecule has 11 heavy (non-hydrogen) atoms. The van der Waals surface area contributed by atoms with Gasteiger partial charge in [0.2, 0.25) is 9.78 Å². The van der Waals surface area contributed by atoms with Crippen LogP contribution in [0, 0.1) is 0 Å². The zero-order valence-electron chi connectivity index (χ0n) is 5.82. The van der Waals surface area contributed by atoms with E-state index in [4.69, 9.17) is 4.74 Å². The fourth-order valence-electron chi connectivity index (χ4n) is 0.879. The van der Waals surface area contributed by atoms with Gasteiger partial charge >= 0.3 is 0 Å². The van der Waals surface area contributed by atoms with Crippen molar-refractivity contribution in [3.63, 3.8) is 0 Å². The van der Waals surface area contributed by atoms with Crippen LogP contribution in [-0.2, 0) is 4.74 Å². The molecule has 1 aliphatic rings. The minimum Gasteiger partial charge on any atom is -0.378 e. The normalized spacial score (nSPS) is 21.5. The van der Waals surface area contributed by atoms with Crippen molar-refractivity contribution < 1.29 is 13.5 Å². The highest BCUT2D eigenvalue weighted by Crippen LogP contribution is 2.19. The number of hydrogen-bond acceptors (Lipinski definition) is 2. The van der Waals surface area contributed by atoms with Gasteiger partial charge in [-0.15, -0.1) is 0 Å². The van der Waals surface area contributed by atoms with Gasteiger partial charge in [0.05, 0.1) is 13.2 Å².